The third-order valence-electron chi connectivity index (χ3n) is 1.15. The lowest BCUT2D eigenvalue weighted by molar-refractivity contribution is 0.140. The Balaban J connectivity index is 3.28. The van der Waals surface area contributed by atoms with Gasteiger partial charge in [-0.15, -0.1) is 0 Å². The van der Waals surface area contributed by atoms with Gasteiger partial charge in [-0.05, 0) is 0 Å². The van der Waals surface area contributed by atoms with Crippen molar-refractivity contribution in [2.75, 3.05) is 0 Å². The Bertz CT molecular complexity index is 305. The summed E-state index contributed by atoms with van der Waals surface area (Å²) >= 11 is 5.20. The Hall–Kier alpha value is -0.970. The highest BCUT2D eigenvalue weighted by atomic mass is 35.5. The second-order valence-electron chi connectivity index (χ2n) is 1.96. The van der Waals surface area contributed by atoms with E-state index in [9.17, 15) is 13.2 Å². The minimum absolute atomic E-state index is 0.474. The van der Waals surface area contributed by atoms with Gasteiger partial charge in [-0.1, -0.05) is 11.6 Å². The van der Waals surface area contributed by atoms with Gasteiger partial charge in [0.1, 0.15) is 0 Å². The van der Waals surface area contributed by atoms with E-state index in [-0.39, 0.29) is 0 Å². The van der Waals surface area contributed by atoms with Gasteiger partial charge in [0.15, 0.2) is 11.4 Å². The molecule has 0 aliphatic rings. The zero-order chi connectivity index (χ0) is 9.30. The van der Waals surface area contributed by atoms with Crippen LogP contribution in [0.3, 0.4) is 0 Å². The Morgan fingerprint density at radius 3 is 2.58 bits per heavy atom. The van der Waals surface area contributed by atoms with Crippen molar-refractivity contribution in [3.8, 4) is 5.75 Å². The molecule has 0 bridgehead atoms. The van der Waals surface area contributed by atoms with Crippen LogP contribution >= 0.6 is 11.6 Å². The lowest BCUT2D eigenvalue weighted by atomic mass is 10.3. The number of halogens is 4. The van der Waals surface area contributed by atoms with E-state index in [0.29, 0.717) is 6.07 Å². The van der Waals surface area contributed by atoms with Gasteiger partial charge in [0.25, 0.3) is 6.43 Å². The first-order valence-corrected chi connectivity index (χ1v) is 3.23. The number of rotatable bonds is 1. The molecule has 0 aromatic carbocycles. The number of aromatic nitrogens is 1. The quantitative estimate of drug-likeness (QED) is 0.702. The summed E-state index contributed by atoms with van der Waals surface area (Å²) < 4.78 is 36.2. The van der Waals surface area contributed by atoms with E-state index in [1.165, 1.54) is 0 Å². The number of aromatic hydroxyl groups is 1. The second-order valence-corrected chi connectivity index (χ2v) is 2.37. The van der Waals surface area contributed by atoms with Crippen LogP contribution in [0.5, 0.6) is 5.75 Å². The molecule has 0 unspecified atom stereocenters. The van der Waals surface area contributed by atoms with Gasteiger partial charge in [-0.2, -0.15) is 4.39 Å². The molecular formula is C6H3ClF3NO. The molecule has 1 N–H and O–H groups in total. The summed E-state index contributed by atoms with van der Waals surface area (Å²) in [4.78, 5) is 2.78. The highest BCUT2D eigenvalue weighted by Crippen LogP contribution is 2.32. The first-order chi connectivity index (χ1) is 5.52. The number of nitrogens with zero attached hydrogens (tertiary/aromatic N) is 1. The molecule has 12 heavy (non-hydrogen) atoms. The number of alkyl halides is 2. The fourth-order valence-corrected chi connectivity index (χ4v) is 0.835. The van der Waals surface area contributed by atoms with Crippen LogP contribution in [-0.2, 0) is 0 Å². The lowest BCUT2D eigenvalue weighted by Gasteiger charge is -2.03. The van der Waals surface area contributed by atoms with Gasteiger partial charge in [-0.3, -0.25) is 0 Å². The largest absolute Gasteiger partial charge is 0.504 e. The maximum atomic E-state index is 12.3. The zero-order valence-electron chi connectivity index (χ0n) is 5.56. The third kappa shape index (κ3) is 1.61. The molecule has 0 saturated carbocycles. The van der Waals surface area contributed by atoms with E-state index >= 15 is 0 Å². The molecule has 0 saturated heterocycles. The molecule has 1 rings (SSSR count). The molecule has 0 spiro atoms. The van der Waals surface area contributed by atoms with Crippen molar-refractivity contribution in [2.45, 2.75) is 6.43 Å². The Labute approximate surface area is 70.6 Å². The fraction of sp³-hybridized carbons (Fsp3) is 0.167. The number of hydrogen-bond donors (Lipinski definition) is 1. The van der Waals surface area contributed by atoms with Gasteiger partial charge < -0.3 is 5.11 Å². The summed E-state index contributed by atoms with van der Waals surface area (Å²) in [5.74, 6) is -2.03. The molecule has 0 atom stereocenters. The van der Waals surface area contributed by atoms with Crippen molar-refractivity contribution in [2.24, 2.45) is 0 Å². The molecule has 0 amide bonds. The van der Waals surface area contributed by atoms with Crippen molar-refractivity contribution in [1.82, 2.24) is 4.98 Å². The molecule has 0 fully saturated rings. The first-order valence-electron chi connectivity index (χ1n) is 2.85. The monoisotopic (exact) mass is 197 g/mol. The predicted octanol–water partition coefficient (Wildman–Crippen LogP) is 2.52. The van der Waals surface area contributed by atoms with E-state index < -0.39 is 28.8 Å². The summed E-state index contributed by atoms with van der Waals surface area (Å²) in [7, 11) is 0. The average Bonchev–Trinajstić information content (AvgIpc) is 1.96. The van der Waals surface area contributed by atoms with Crippen LogP contribution in [0, 0.1) is 5.95 Å². The standard InChI is InChI=1S/C6H3ClF3NO/c7-2-1-3(8)11-4(5(2)12)6(9)10/h1,6,12H. The molecule has 0 aliphatic carbocycles. The van der Waals surface area contributed by atoms with Gasteiger partial charge >= 0.3 is 0 Å². The van der Waals surface area contributed by atoms with E-state index in [1.807, 2.05) is 0 Å². The number of pyridine rings is 1. The summed E-state index contributed by atoms with van der Waals surface area (Å²) in [6, 6.07) is 0.656. The van der Waals surface area contributed by atoms with Crippen LogP contribution in [-0.4, -0.2) is 10.1 Å². The predicted molar refractivity (Wildman–Crippen MR) is 35.8 cm³/mol. The molecule has 0 aliphatic heterocycles. The first kappa shape index (κ1) is 9.12. The van der Waals surface area contributed by atoms with Crippen molar-refractivity contribution in [3.63, 3.8) is 0 Å². The van der Waals surface area contributed by atoms with E-state index in [1.54, 1.807) is 0 Å². The highest BCUT2D eigenvalue weighted by Gasteiger charge is 2.18. The van der Waals surface area contributed by atoms with Crippen molar-refractivity contribution in [3.05, 3.63) is 22.7 Å². The third-order valence-corrected chi connectivity index (χ3v) is 1.44. The van der Waals surface area contributed by atoms with Gasteiger partial charge in [0, 0.05) is 6.07 Å². The maximum absolute atomic E-state index is 12.3. The molecule has 1 heterocycles. The second kappa shape index (κ2) is 3.18. The zero-order valence-corrected chi connectivity index (χ0v) is 6.32. The van der Waals surface area contributed by atoms with Crippen LogP contribution in [0.15, 0.2) is 6.07 Å². The van der Waals surface area contributed by atoms with E-state index in [4.69, 9.17) is 16.7 Å². The summed E-state index contributed by atoms with van der Waals surface area (Å²) in [5.41, 5.74) is -1.04. The van der Waals surface area contributed by atoms with Crippen LogP contribution in [0.1, 0.15) is 12.1 Å². The SMILES string of the molecule is Oc1c(Cl)cc(F)nc1C(F)F. The topological polar surface area (TPSA) is 33.1 Å². The Morgan fingerprint density at radius 1 is 1.50 bits per heavy atom. The molecule has 0 radical (unpaired) electrons. The molecule has 1 aromatic heterocycles. The number of hydrogen-bond acceptors (Lipinski definition) is 2. The summed E-state index contributed by atoms with van der Waals surface area (Å²) in [6.45, 7) is 0. The van der Waals surface area contributed by atoms with Gasteiger partial charge in [-0.25, -0.2) is 13.8 Å². The Kier molecular flexibility index (Phi) is 2.42. The van der Waals surface area contributed by atoms with Crippen LogP contribution in [0.4, 0.5) is 13.2 Å². The van der Waals surface area contributed by atoms with Crippen molar-refractivity contribution < 1.29 is 18.3 Å². The summed E-state index contributed by atoms with van der Waals surface area (Å²) in [6.07, 6.45) is -3.04. The van der Waals surface area contributed by atoms with Crippen LogP contribution < -0.4 is 0 Å². The van der Waals surface area contributed by atoms with Crippen molar-refractivity contribution >= 4 is 11.6 Å². The minimum Gasteiger partial charge on any atom is -0.504 e. The smallest absolute Gasteiger partial charge is 0.284 e. The van der Waals surface area contributed by atoms with Crippen LogP contribution in [0.2, 0.25) is 5.02 Å². The van der Waals surface area contributed by atoms with E-state index in [0.717, 1.165) is 0 Å². The lowest BCUT2D eigenvalue weighted by Crippen LogP contribution is -1.94. The highest BCUT2D eigenvalue weighted by molar-refractivity contribution is 6.32. The normalized spacial score (nSPS) is 10.8. The molecule has 66 valence electrons. The minimum atomic E-state index is -3.04. The molecule has 2 nitrogen and oxygen atoms in total. The molecular weight excluding hydrogens is 195 g/mol. The van der Waals surface area contributed by atoms with Crippen LogP contribution in [0.25, 0.3) is 0 Å². The molecule has 1 aromatic rings. The average molecular weight is 198 g/mol. The molecule has 6 heteroatoms. The van der Waals surface area contributed by atoms with E-state index in [2.05, 4.69) is 4.98 Å². The summed E-state index contributed by atoms with van der Waals surface area (Å²) in [5, 5.41) is 8.38. The Morgan fingerprint density at radius 2 is 2.08 bits per heavy atom. The van der Waals surface area contributed by atoms with Crippen molar-refractivity contribution in [1.29, 1.82) is 0 Å². The maximum Gasteiger partial charge on any atom is 0.284 e. The van der Waals surface area contributed by atoms with Gasteiger partial charge in [0.05, 0.1) is 5.02 Å². The fourth-order valence-electron chi connectivity index (χ4n) is 0.648. The van der Waals surface area contributed by atoms with Gasteiger partial charge in [0.2, 0.25) is 5.95 Å².